The molecule has 218 valence electrons. The predicted octanol–water partition coefficient (Wildman–Crippen LogP) is 4.65. The molecule has 1 fully saturated rings. The van der Waals surface area contributed by atoms with Gasteiger partial charge in [-0.3, -0.25) is 14.9 Å². The monoisotopic (exact) mass is 607 g/mol. The third-order valence-corrected chi connectivity index (χ3v) is 8.88. The predicted molar refractivity (Wildman–Crippen MR) is 163 cm³/mol. The minimum atomic E-state index is -1.00. The number of anilines is 2. The van der Waals surface area contributed by atoms with Gasteiger partial charge in [0.25, 0.3) is 11.8 Å². The van der Waals surface area contributed by atoms with Crippen molar-refractivity contribution in [2.75, 3.05) is 36.4 Å². The summed E-state index contributed by atoms with van der Waals surface area (Å²) in [6, 6.07) is 10.3. The number of hydrogen-bond acceptors (Lipinski definition) is 7. The first kappa shape index (κ1) is 28.3. The molecule has 2 amide bonds. The molecule has 1 saturated heterocycles. The molecule has 2 N–H and O–H groups in total. The van der Waals surface area contributed by atoms with E-state index in [-0.39, 0.29) is 30.4 Å². The zero-order valence-electron chi connectivity index (χ0n) is 22.9. The summed E-state index contributed by atoms with van der Waals surface area (Å²) in [5.41, 5.74) is 4.66. The first-order valence-electron chi connectivity index (χ1n) is 14.0. The lowest BCUT2D eigenvalue weighted by atomic mass is 9.99. The van der Waals surface area contributed by atoms with E-state index in [9.17, 15) is 9.59 Å². The Balaban J connectivity index is 0.00000316. The first-order chi connectivity index (χ1) is 20.1. The van der Waals surface area contributed by atoms with Gasteiger partial charge in [0.15, 0.2) is 11.2 Å². The summed E-state index contributed by atoms with van der Waals surface area (Å²) in [6.07, 6.45) is 6.13. The highest BCUT2D eigenvalue weighted by Crippen LogP contribution is 2.38. The minimum Gasteiger partial charge on any atom is -0.370 e. The number of nitrogens with one attached hydrogen (secondary N) is 2. The Morgan fingerprint density at radius 3 is 2.71 bits per heavy atom. The number of aryl methyl sites for hydroxylation is 1. The SMILES string of the molecule is Cl.O=C(Nc1nccs1)C(c1ncn2c1CCC2)N1Cc2c(F)cc(-c3ccc(N4CCCNCC4)cc3)cc2C1=O. The summed E-state index contributed by atoms with van der Waals surface area (Å²) in [7, 11) is 0. The molecule has 1 unspecified atom stereocenters. The number of carbonyl (C=O) groups excluding carboxylic acids is 2. The topological polar surface area (TPSA) is 95.4 Å². The largest absolute Gasteiger partial charge is 0.370 e. The molecule has 42 heavy (non-hydrogen) atoms. The number of hydrogen-bond donors (Lipinski definition) is 2. The molecule has 4 aromatic rings. The van der Waals surface area contributed by atoms with E-state index in [1.54, 1.807) is 24.0 Å². The summed E-state index contributed by atoms with van der Waals surface area (Å²) < 4.78 is 17.6. The van der Waals surface area contributed by atoms with Crippen LogP contribution >= 0.6 is 23.7 Å². The Bertz CT molecular complexity index is 1600. The van der Waals surface area contributed by atoms with E-state index in [2.05, 4.69) is 37.6 Å². The lowest BCUT2D eigenvalue weighted by Crippen LogP contribution is -2.38. The smallest absolute Gasteiger partial charge is 0.255 e. The Hall–Kier alpha value is -3.80. The molecule has 12 heteroatoms. The number of rotatable bonds is 6. The number of aromatic nitrogens is 3. The number of amides is 2. The van der Waals surface area contributed by atoms with Gasteiger partial charge in [0.2, 0.25) is 0 Å². The number of carbonyl (C=O) groups is 2. The molecule has 2 aromatic carbocycles. The van der Waals surface area contributed by atoms with Crippen LogP contribution in [0.2, 0.25) is 0 Å². The number of halogens is 2. The zero-order valence-corrected chi connectivity index (χ0v) is 24.5. The molecule has 0 bridgehead atoms. The Morgan fingerprint density at radius 2 is 1.90 bits per heavy atom. The second-order valence-electron chi connectivity index (χ2n) is 10.7. The lowest BCUT2D eigenvalue weighted by molar-refractivity contribution is -0.121. The molecule has 0 saturated carbocycles. The van der Waals surface area contributed by atoms with Gasteiger partial charge in [0.05, 0.1) is 18.6 Å². The van der Waals surface area contributed by atoms with Gasteiger partial charge in [-0.2, -0.15) is 0 Å². The van der Waals surface area contributed by atoms with Crippen LogP contribution in [-0.2, 0) is 24.3 Å². The van der Waals surface area contributed by atoms with E-state index in [1.165, 1.54) is 22.3 Å². The molecule has 2 aromatic heterocycles. The van der Waals surface area contributed by atoms with Crippen LogP contribution in [-0.4, -0.2) is 57.4 Å². The molecular formula is C30H31ClFN7O2S. The van der Waals surface area contributed by atoms with Crippen molar-refractivity contribution in [2.24, 2.45) is 0 Å². The fourth-order valence-corrected chi connectivity index (χ4v) is 6.67. The van der Waals surface area contributed by atoms with E-state index in [1.807, 2.05) is 16.7 Å². The van der Waals surface area contributed by atoms with Gasteiger partial charge in [-0.1, -0.05) is 12.1 Å². The molecule has 3 aliphatic heterocycles. The molecule has 3 aliphatic rings. The van der Waals surface area contributed by atoms with Crippen molar-refractivity contribution in [2.45, 2.75) is 38.4 Å². The molecule has 0 radical (unpaired) electrons. The van der Waals surface area contributed by atoms with Crippen molar-refractivity contribution in [3.8, 4) is 11.1 Å². The molecule has 0 spiro atoms. The summed E-state index contributed by atoms with van der Waals surface area (Å²) in [6.45, 7) is 4.70. The van der Waals surface area contributed by atoms with E-state index >= 15 is 4.39 Å². The third-order valence-electron chi connectivity index (χ3n) is 8.19. The maximum atomic E-state index is 15.6. The van der Waals surface area contributed by atoms with Crippen molar-refractivity contribution in [3.63, 3.8) is 0 Å². The van der Waals surface area contributed by atoms with Crippen molar-refractivity contribution in [1.29, 1.82) is 0 Å². The van der Waals surface area contributed by atoms with E-state index in [0.717, 1.165) is 68.9 Å². The van der Waals surface area contributed by atoms with Crippen LogP contribution in [0, 0.1) is 5.82 Å². The second kappa shape index (κ2) is 11.8. The molecule has 9 nitrogen and oxygen atoms in total. The number of imidazole rings is 1. The lowest BCUT2D eigenvalue weighted by Gasteiger charge is -2.26. The highest BCUT2D eigenvalue weighted by Gasteiger charge is 2.42. The van der Waals surface area contributed by atoms with E-state index in [4.69, 9.17) is 0 Å². The van der Waals surface area contributed by atoms with Gasteiger partial charge in [-0.25, -0.2) is 14.4 Å². The van der Waals surface area contributed by atoms with Gasteiger partial charge in [-0.15, -0.1) is 23.7 Å². The highest BCUT2D eigenvalue weighted by molar-refractivity contribution is 7.13. The maximum absolute atomic E-state index is 15.6. The first-order valence-corrected chi connectivity index (χ1v) is 14.9. The van der Waals surface area contributed by atoms with Crippen LogP contribution in [0.4, 0.5) is 15.2 Å². The van der Waals surface area contributed by atoms with Crippen molar-refractivity contribution in [1.82, 2.24) is 24.8 Å². The molecule has 0 aliphatic carbocycles. The highest BCUT2D eigenvalue weighted by atomic mass is 35.5. The quantitative estimate of drug-likeness (QED) is 0.331. The van der Waals surface area contributed by atoms with Crippen LogP contribution in [0.1, 0.15) is 46.2 Å². The molecule has 7 rings (SSSR count). The van der Waals surface area contributed by atoms with Crippen molar-refractivity contribution >= 4 is 46.4 Å². The van der Waals surface area contributed by atoms with Gasteiger partial charge in [-0.05, 0) is 61.2 Å². The van der Waals surface area contributed by atoms with Gasteiger partial charge >= 0.3 is 0 Å². The number of thiazole rings is 1. The summed E-state index contributed by atoms with van der Waals surface area (Å²) in [5, 5.41) is 8.46. The van der Waals surface area contributed by atoms with Crippen LogP contribution in [0.15, 0.2) is 54.3 Å². The average Bonchev–Trinajstić information content (AvgIpc) is 3.75. The zero-order chi connectivity index (χ0) is 27.9. The average molecular weight is 608 g/mol. The van der Waals surface area contributed by atoms with Crippen LogP contribution in [0.25, 0.3) is 11.1 Å². The van der Waals surface area contributed by atoms with Crippen LogP contribution < -0.4 is 15.5 Å². The molecular weight excluding hydrogens is 577 g/mol. The molecule has 5 heterocycles. The van der Waals surface area contributed by atoms with Crippen molar-refractivity contribution < 1.29 is 14.0 Å². The summed E-state index contributed by atoms with van der Waals surface area (Å²) >= 11 is 1.30. The minimum absolute atomic E-state index is 0. The van der Waals surface area contributed by atoms with E-state index in [0.29, 0.717) is 22.0 Å². The number of nitrogens with zero attached hydrogens (tertiary/aromatic N) is 5. The third kappa shape index (κ3) is 5.16. The maximum Gasteiger partial charge on any atom is 0.255 e. The summed E-state index contributed by atoms with van der Waals surface area (Å²) in [5.74, 6) is -1.24. The second-order valence-corrected chi connectivity index (χ2v) is 11.6. The Kier molecular flexibility index (Phi) is 7.98. The molecule has 1 atom stereocenters. The summed E-state index contributed by atoms with van der Waals surface area (Å²) in [4.78, 5) is 40.1. The van der Waals surface area contributed by atoms with Gasteiger partial charge in [0.1, 0.15) is 5.82 Å². The normalized spacial score (nSPS) is 16.9. The van der Waals surface area contributed by atoms with Gasteiger partial charge in [0, 0.05) is 60.3 Å². The van der Waals surface area contributed by atoms with Crippen molar-refractivity contribution in [3.05, 3.63) is 82.6 Å². The fourth-order valence-electron chi connectivity index (χ4n) is 6.13. The van der Waals surface area contributed by atoms with Gasteiger partial charge < -0.3 is 19.7 Å². The Labute approximate surface area is 253 Å². The number of fused-ring (bicyclic) bond motifs is 2. The van der Waals surface area contributed by atoms with Crippen LogP contribution in [0.3, 0.4) is 0 Å². The number of benzene rings is 2. The standard InChI is InChI=1S/C30H30FN7O2S.ClH/c31-24-16-20(19-4-6-21(7-5-19)36-12-2-8-32-9-13-36)15-22-23(24)17-38(29(22)40)27(28(39)35-30-33-10-14-41-30)26-25-3-1-11-37(25)18-34-26;/h4-7,10,14-16,18,27,32H,1-3,8-9,11-13,17H2,(H,33,35,39);1H. The fraction of sp³-hybridized carbons (Fsp3) is 0.333. The van der Waals surface area contributed by atoms with Crippen LogP contribution in [0.5, 0.6) is 0 Å². The Morgan fingerprint density at radius 1 is 1.05 bits per heavy atom. The van der Waals surface area contributed by atoms with E-state index < -0.39 is 17.8 Å².